The van der Waals surface area contributed by atoms with Crippen LogP contribution in [0.5, 0.6) is 5.75 Å². The summed E-state index contributed by atoms with van der Waals surface area (Å²) >= 11 is 0. The lowest BCUT2D eigenvalue weighted by molar-refractivity contribution is 0.272. The summed E-state index contributed by atoms with van der Waals surface area (Å²) in [6, 6.07) is 7.10. The van der Waals surface area contributed by atoms with E-state index in [1.54, 1.807) is 0 Å². The van der Waals surface area contributed by atoms with Crippen LogP contribution in [0, 0.1) is 6.92 Å². The number of aliphatic hydroxyl groups excluding tert-OH is 1. The van der Waals surface area contributed by atoms with E-state index in [4.69, 9.17) is 9.84 Å². The SMILES string of the molecule is Cc1cccc(CNC2CC2)c1OCCCCCCO. The lowest BCUT2D eigenvalue weighted by Gasteiger charge is -2.14. The Labute approximate surface area is 122 Å². The van der Waals surface area contributed by atoms with Crippen molar-refractivity contribution in [2.24, 2.45) is 0 Å². The fraction of sp³-hybridized carbons (Fsp3) is 0.647. The molecule has 3 heteroatoms. The number of aryl methyl sites for hydroxylation is 1. The molecule has 20 heavy (non-hydrogen) atoms. The summed E-state index contributed by atoms with van der Waals surface area (Å²) in [6.45, 7) is 4.09. The summed E-state index contributed by atoms with van der Waals surface area (Å²) in [4.78, 5) is 0. The zero-order chi connectivity index (χ0) is 14.2. The summed E-state index contributed by atoms with van der Waals surface area (Å²) in [7, 11) is 0. The molecular formula is C17H27NO2. The fourth-order valence-corrected chi connectivity index (χ4v) is 2.34. The van der Waals surface area contributed by atoms with E-state index in [1.165, 1.54) is 24.0 Å². The normalized spacial score (nSPS) is 14.5. The van der Waals surface area contributed by atoms with Gasteiger partial charge in [0.05, 0.1) is 6.61 Å². The number of nitrogens with one attached hydrogen (secondary N) is 1. The highest BCUT2D eigenvalue weighted by atomic mass is 16.5. The average Bonchev–Trinajstić information content (AvgIpc) is 3.26. The van der Waals surface area contributed by atoms with Gasteiger partial charge in [-0.1, -0.05) is 24.6 Å². The van der Waals surface area contributed by atoms with Crippen molar-refractivity contribution in [2.75, 3.05) is 13.2 Å². The van der Waals surface area contributed by atoms with Crippen LogP contribution in [0.4, 0.5) is 0 Å². The monoisotopic (exact) mass is 277 g/mol. The topological polar surface area (TPSA) is 41.5 Å². The van der Waals surface area contributed by atoms with Crippen LogP contribution in [0.2, 0.25) is 0 Å². The number of unbranched alkanes of at least 4 members (excludes halogenated alkanes) is 3. The molecule has 2 rings (SSSR count). The third kappa shape index (κ3) is 5.14. The minimum Gasteiger partial charge on any atom is -0.493 e. The number of hydrogen-bond donors (Lipinski definition) is 2. The minimum atomic E-state index is 0.301. The predicted octanol–water partition coefficient (Wildman–Crippen LogP) is 3.18. The number of aliphatic hydroxyl groups is 1. The maximum atomic E-state index is 8.74. The summed E-state index contributed by atoms with van der Waals surface area (Å²) in [5, 5.41) is 12.3. The molecule has 3 nitrogen and oxygen atoms in total. The number of para-hydroxylation sites is 1. The second-order valence-corrected chi connectivity index (χ2v) is 5.70. The van der Waals surface area contributed by atoms with Gasteiger partial charge in [-0.05, 0) is 44.6 Å². The van der Waals surface area contributed by atoms with Crippen LogP contribution >= 0.6 is 0 Å². The second kappa shape index (κ2) is 8.28. The Morgan fingerprint density at radius 1 is 1.20 bits per heavy atom. The third-order valence-electron chi connectivity index (χ3n) is 3.75. The van der Waals surface area contributed by atoms with Crippen molar-refractivity contribution in [1.82, 2.24) is 5.32 Å². The molecule has 1 aromatic rings. The van der Waals surface area contributed by atoms with Gasteiger partial charge in [0, 0.05) is 24.8 Å². The van der Waals surface area contributed by atoms with E-state index in [-0.39, 0.29) is 0 Å². The summed E-state index contributed by atoms with van der Waals surface area (Å²) in [5.41, 5.74) is 2.49. The van der Waals surface area contributed by atoms with Crippen LogP contribution in [0.15, 0.2) is 18.2 Å². The average molecular weight is 277 g/mol. The zero-order valence-electron chi connectivity index (χ0n) is 12.5. The first-order valence-corrected chi connectivity index (χ1v) is 7.87. The van der Waals surface area contributed by atoms with Gasteiger partial charge in [0.15, 0.2) is 0 Å². The van der Waals surface area contributed by atoms with Gasteiger partial charge in [-0.3, -0.25) is 0 Å². The van der Waals surface area contributed by atoms with Crippen molar-refractivity contribution in [3.63, 3.8) is 0 Å². The number of rotatable bonds is 10. The largest absolute Gasteiger partial charge is 0.493 e. The molecule has 112 valence electrons. The maximum absolute atomic E-state index is 8.74. The van der Waals surface area contributed by atoms with Gasteiger partial charge in [0.1, 0.15) is 5.75 Å². The molecule has 0 amide bonds. The molecule has 1 fully saturated rings. The molecule has 2 N–H and O–H groups in total. The fourth-order valence-electron chi connectivity index (χ4n) is 2.34. The molecule has 1 aromatic carbocycles. The van der Waals surface area contributed by atoms with Crippen LogP contribution in [0.25, 0.3) is 0 Å². The highest BCUT2D eigenvalue weighted by Gasteiger charge is 2.20. The molecule has 1 aliphatic carbocycles. The first kappa shape index (κ1) is 15.3. The molecule has 0 radical (unpaired) electrons. The lowest BCUT2D eigenvalue weighted by atomic mass is 10.1. The number of hydrogen-bond acceptors (Lipinski definition) is 3. The molecule has 1 saturated carbocycles. The van der Waals surface area contributed by atoms with Crippen LogP contribution < -0.4 is 10.1 Å². The third-order valence-corrected chi connectivity index (χ3v) is 3.75. The Balaban J connectivity index is 1.78. The molecule has 0 aromatic heterocycles. The zero-order valence-corrected chi connectivity index (χ0v) is 12.5. The van der Waals surface area contributed by atoms with Gasteiger partial charge in [0.25, 0.3) is 0 Å². The Bertz CT molecular complexity index is 402. The molecule has 0 heterocycles. The summed E-state index contributed by atoms with van der Waals surface area (Å²) < 4.78 is 6.00. The highest BCUT2D eigenvalue weighted by Crippen LogP contribution is 2.26. The Kier molecular flexibility index (Phi) is 6.34. The van der Waals surface area contributed by atoms with E-state index < -0.39 is 0 Å². The van der Waals surface area contributed by atoms with Gasteiger partial charge in [0.2, 0.25) is 0 Å². The predicted molar refractivity (Wildman–Crippen MR) is 82.1 cm³/mol. The second-order valence-electron chi connectivity index (χ2n) is 5.70. The van der Waals surface area contributed by atoms with Crippen molar-refractivity contribution in [1.29, 1.82) is 0 Å². The van der Waals surface area contributed by atoms with Gasteiger partial charge < -0.3 is 15.2 Å². The molecule has 0 unspecified atom stereocenters. The van der Waals surface area contributed by atoms with Crippen LogP contribution in [0.1, 0.15) is 49.7 Å². The van der Waals surface area contributed by atoms with E-state index in [0.717, 1.165) is 50.6 Å². The van der Waals surface area contributed by atoms with Crippen molar-refractivity contribution < 1.29 is 9.84 Å². The van der Waals surface area contributed by atoms with Crippen molar-refractivity contribution in [2.45, 2.75) is 58.0 Å². The van der Waals surface area contributed by atoms with E-state index in [1.807, 2.05) is 0 Å². The quantitative estimate of drug-likeness (QED) is 0.645. The van der Waals surface area contributed by atoms with Crippen molar-refractivity contribution in [3.8, 4) is 5.75 Å². The molecule has 0 saturated heterocycles. The van der Waals surface area contributed by atoms with E-state index in [2.05, 4.69) is 30.4 Å². The molecule has 0 spiro atoms. The molecule has 0 aliphatic heterocycles. The Morgan fingerprint density at radius 3 is 2.75 bits per heavy atom. The maximum Gasteiger partial charge on any atom is 0.126 e. The Hall–Kier alpha value is -1.06. The first-order chi connectivity index (χ1) is 9.81. The van der Waals surface area contributed by atoms with E-state index in [9.17, 15) is 0 Å². The molecule has 0 bridgehead atoms. The van der Waals surface area contributed by atoms with Gasteiger partial charge in [-0.25, -0.2) is 0 Å². The first-order valence-electron chi connectivity index (χ1n) is 7.87. The highest BCUT2D eigenvalue weighted by molar-refractivity contribution is 5.40. The van der Waals surface area contributed by atoms with Crippen LogP contribution in [-0.4, -0.2) is 24.4 Å². The lowest BCUT2D eigenvalue weighted by Crippen LogP contribution is -2.16. The molecule has 1 aliphatic rings. The van der Waals surface area contributed by atoms with Gasteiger partial charge >= 0.3 is 0 Å². The Morgan fingerprint density at radius 2 is 2.00 bits per heavy atom. The minimum absolute atomic E-state index is 0.301. The van der Waals surface area contributed by atoms with Gasteiger partial charge in [-0.15, -0.1) is 0 Å². The molecular weight excluding hydrogens is 250 g/mol. The van der Waals surface area contributed by atoms with Gasteiger partial charge in [-0.2, -0.15) is 0 Å². The van der Waals surface area contributed by atoms with E-state index in [0.29, 0.717) is 6.61 Å². The van der Waals surface area contributed by atoms with E-state index >= 15 is 0 Å². The van der Waals surface area contributed by atoms with Crippen molar-refractivity contribution >= 4 is 0 Å². The van der Waals surface area contributed by atoms with Crippen LogP contribution in [-0.2, 0) is 6.54 Å². The smallest absolute Gasteiger partial charge is 0.126 e. The van der Waals surface area contributed by atoms with Crippen molar-refractivity contribution in [3.05, 3.63) is 29.3 Å². The summed E-state index contributed by atoms with van der Waals surface area (Å²) in [5.74, 6) is 1.06. The van der Waals surface area contributed by atoms with Crippen LogP contribution in [0.3, 0.4) is 0 Å². The molecule has 0 atom stereocenters. The summed E-state index contributed by atoms with van der Waals surface area (Å²) in [6.07, 6.45) is 6.80. The number of benzene rings is 1. The number of ether oxygens (including phenoxy) is 1. The standard InChI is InChI=1S/C17H27NO2/c1-14-7-6-8-15(13-18-16-9-10-16)17(14)20-12-5-3-2-4-11-19/h6-8,16,18-19H,2-5,9-13H2,1H3.